The topological polar surface area (TPSA) is 74.8 Å². The van der Waals surface area contributed by atoms with Crippen LogP contribution in [0.2, 0.25) is 0 Å². The Morgan fingerprint density at radius 3 is 2.92 bits per heavy atom. The number of rotatable bonds is 4. The lowest BCUT2D eigenvalue weighted by atomic mass is 9.84. The molecule has 1 atom stereocenters. The van der Waals surface area contributed by atoms with Gasteiger partial charge in [0, 0.05) is 18.0 Å². The van der Waals surface area contributed by atoms with Crippen molar-refractivity contribution in [3.8, 4) is 10.8 Å². The zero-order chi connectivity index (χ0) is 16.4. The van der Waals surface area contributed by atoms with E-state index in [9.17, 15) is 4.79 Å². The van der Waals surface area contributed by atoms with Gasteiger partial charge in [-0.2, -0.15) is 5.10 Å². The normalized spacial score (nSPS) is 22.2. The highest BCUT2D eigenvalue weighted by Crippen LogP contribution is 2.33. The van der Waals surface area contributed by atoms with Gasteiger partial charge in [-0.25, -0.2) is 9.97 Å². The summed E-state index contributed by atoms with van der Waals surface area (Å²) in [4.78, 5) is 23.5. The Hall–Kier alpha value is -1.76. The third-order valence-corrected chi connectivity index (χ3v) is 6.16. The van der Waals surface area contributed by atoms with Gasteiger partial charge in [0.25, 0.3) is 5.91 Å². The van der Waals surface area contributed by atoms with E-state index < -0.39 is 0 Å². The van der Waals surface area contributed by atoms with Crippen LogP contribution in [0.4, 0.5) is 0 Å². The van der Waals surface area contributed by atoms with Crippen molar-refractivity contribution in [1.29, 1.82) is 0 Å². The number of aromatic amines is 1. The minimum absolute atomic E-state index is 0.0790. The molecular formula is C17H23N5OS. The average Bonchev–Trinajstić information content (AvgIpc) is 3.36. The molecule has 1 saturated carbocycles. The Morgan fingerprint density at radius 2 is 2.12 bits per heavy atom. The molecule has 1 aliphatic carbocycles. The first-order valence-corrected chi connectivity index (χ1v) is 9.81. The van der Waals surface area contributed by atoms with Crippen LogP contribution < -0.4 is 0 Å². The zero-order valence-electron chi connectivity index (χ0n) is 13.8. The fourth-order valence-corrected chi connectivity index (χ4v) is 4.83. The van der Waals surface area contributed by atoms with Gasteiger partial charge in [-0.05, 0) is 25.2 Å². The standard InChI is InChI=1S/C17H23N5OS/c23-17(14-10-24-16(20-14)15-18-11-19-21-15)22-8-4-7-13(22)9-12-5-2-1-3-6-12/h10-13H,1-9H2,(H,18,19,21). The summed E-state index contributed by atoms with van der Waals surface area (Å²) >= 11 is 1.44. The van der Waals surface area contributed by atoms with E-state index in [4.69, 9.17) is 0 Å². The maximum Gasteiger partial charge on any atom is 0.273 e. The van der Waals surface area contributed by atoms with Crippen molar-refractivity contribution in [2.75, 3.05) is 6.54 Å². The molecule has 1 N–H and O–H groups in total. The first-order valence-electron chi connectivity index (χ1n) is 8.93. The molecule has 1 saturated heterocycles. The van der Waals surface area contributed by atoms with Crippen LogP contribution in [-0.4, -0.2) is 43.6 Å². The van der Waals surface area contributed by atoms with E-state index in [2.05, 4.69) is 25.1 Å². The molecule has 0 aromatic carbocycles. The molecule has 4 rings (SSSR count). The Labute approximate surface area is 145 Å². The molecule has 128 valence electrons. The van der Waals surface area contributed by atoms with Gasteiger partial charge in [-0.15, -0.1) is 11.3 Å². The predicted octanol–water partition coefficient (Wildman–Crippen LogP) is 3.50. The number of H-pyrrole nitrogens is 1. The van der Waals surface area contributed by atoms with Crippen LogP contribution in [0.25, 0.3) is 10.8 Å². The van der Waals surface area contributed by atoms with Gasteiger partial charge in [0.05, 0.1) is 0 Å². The van der Waals surface area contributed by atoms with Crippen LogP contribution >= 0.6 is 11.3 Å². The Kier molecular flexibility index (Phi) is 4.60. The molecule has 2 aromatic heterocycles. The summed E-state index contributed by atoms with van der Waals surface area (Å²) in [6.45, 7) is 0.866. The summed E-state index contributed by atoms with van der Waals surface area (Å²) in [5, 5.41) is 9.21. The number of thiazole rings is 1. The number of hydrogen-bond donors (Lipinski definition) is 1. The van der Waals surface area contributed by atoms with Crippen molar-refractivity contribution in [1.82, 2.24) is 25.1 Å². The van der Waals surface area contributed by atoms with E-state index in [1.54, 1.807) is 0 Å². The maximum absolute atomic E-state index is 12.9. The van der Waals surface area contributed by atoms with Crippen LogP contribution in [0.1, 0.15) is 61.9 Å². The van der Waals surface area contributed by atoms with Crippen molar-refractivity contribution < 1.29 is 4.79 Å². The third kappa shape index (κ3) is 3.22. The number of carbonyl (C=O) groups excluding carboxylic acids is 1. The van der Waals surface area contributed by atoms with Crippen molar-refractivity contribution >= 4 is 17.2 Å². The lowest BCUT2D eigenvalue weighted by molar-refractivity contribution is 0.0706. The average molecular weight is 345 g/mol. The second kappa shape index (κ2) is 7.01. The number of nitrogens with one attached hydrogen (secondary N) is 1. The van der Waals surface area contributed by atoms with Gasteiger partial charge >= 0.3 is 0 Å². The van der Waals surface area contributed by atoms with Crippen LogP contribution in [0.5, 0.6) is 0 Å². The second-order valence-electron chi connectivity index (χ2n) is 6.91. The first kappa shape index (κ1) is 15.7. The lowest BCUT2D eigenvalue weighted by Gasteiger charge is -2.29. The summed E-state index contributed by atoms with van der Waals surface area (Å²) in [6.07, 6.45) is 11.7. The molecule has 2 aromatic rings. The quantitative estimate of drug-likeness (QED) is 0.920. The van der Waals surface area contributed by atoms with E-state index in [0.717, 1.165) is 30.3 Å². The number of nitrogens with zero attached hydrogens (tertiary/aromatic N) is 4. The molecule has 0 radical (unpaired) electrons. The minimum Gasteiger partial charge on any atom is -0.334 e. The largest absolute Gasteiger partial charge is 0.334 e. The smallest absolute Gasteiger partial charge is 0.273 e. The van der Waals surface area contributed by atoms with Gasteiger partial charge < -0.3 is 4.90 Å². The number of carbonyl (C=O) groups is 1. The van der Waals surface area contributed by atoms with Gasteiger partial charge in [-0.3, -0.25) is 9.89 Å². The molecular weight excluding hydrogens is 322 g/mol. The molecule has 7 heteroatoms. The molecule has 0 bridgehead atoms. The van der Waals surface area contributed by atoms with Crippen LogP contribution in [0.3, 0.4) is 0 Å². The Morgan fingerprint density at radius 1 is 1.25 bits per heavy atom. The summed E-state index contributed by atoms with van der Waals surface area (Å²) in [5.41, 5.74) is 0.543. The molecule has 3 heterocycles. The first-order chi connectivity index (χ1) is 11.8. The fraction of sp³-hybridized carbons (Fsp3) is 0.647. The molecule has 24 heavy (non-hydrogen) atoms. The highest BCUT2D eigenvalue weighted by atomic mass is 32.1. The number of likely N-dealkylation sites (tertiary alicyclic amines) is 1. The van der Waals surface area contributed by atoms with Gasteiger partial charge in [0.1, 0.15) is 12.0 Å². The Balaban J connectivity index is 1.44. The van der Waals surface area contributed by atoms with Gasteiger partial charge in [-0.1, -0.05) is 32.1 Å². The maximum atomic E-state index is 12.9. The summed E-state index contributed by atoms with van der Waals surface area (Å²) in [7, 11) is 0. The Bertz CT molecular complexity index is 677. The fourth-order valence-electron chi connectivity index (χ4n) is 4.09. The molecule has 0 spiro atoms. The molecule has 1 amide bonds. The van der Waals surface area contributed by atoms with E-state index in [1.807, 2.05) is 5.38 Å². The zero-order valence-corrected chi connectivity index (χ0v) is 14.6. The number of amides is 1. The van der Waals surface area contributed by atoms with Crippen molar-refractivity contribution in [3.05, 3.63) is 17.4 Å². The van der Waals surface area contributed by atoms with Gasteiger partial charge in [0.15, 0.2) is 10.8 Å². The molecule has 1 aliphatic heterocycles. The highest BCUT2D eigenvalue weighted by Gasteiger charge is 2.32. The lowest BCUT2D eigenvalue weighted by Crippen LogP contribution is -2.37. The summed E-state index contributed by atoms with van der Waals surface area (Å²) < 4.78 is 0. The third-order valence-electron chi connectivity index (χ3n) is 5.31. The highest BCUT2D eigenvalue weighted by molar-refractivity contribution is 7.13. The number of hydrogen-bond acceptors (Lipinski definition) is 5. The molecule has 6 nitrogen and oxygen atoms in total. The molecule has 2 fully saturated rings. The van der Waals surface area contributed by atoms with E-state index in [1.165, 1.54) is 56.2 Å². The molecule has 2 aliphatic rings. The number of aromatic nitrogens is 4. The van der Waals surface area contributed by atoms with Crippen LogP contribution in [-0.2, 0) is 0 Å². The van der Waals surface area contributed by atoms with E-state index >= 15 is 0 Å². The van der Waals surface area contributed by atoms with Crippen LogP contribution in [0.15, 0.2) is 11.7 Å². The van der Waals surface area contributed by atoms with E-state index in [0.29, 0.717) is 17.6 Å². The minimum atomic E-state index is 0.0790. The second-order valence-corrected chi connectivity index (χ2v) is 7.76. The predicted molar refractivity (Wildman–Crippen MR) is 92.7 cm³/mol. The summed E-state index contributed by atoms with van der Waals surface area (Å²) in [6, 6.07) is 0.399. The SMILES string of the molecule is O=C(c1csc(-c2ncn[nH]2)n1)N1CCCC1CC1CCCCC1. The van der Waals surface area contributed by atoms with E-state index in [-0.39, 0.29) is 5.91 Å². The monoisotopic (exact) mass is 345 g/mol. The van der Waals surface area contributed by atoms with Crippen molar-refractivity contribution in [2.45, 2.75) is 57.4 Å². The molecule has 1 unspecified atom stereocenters. The van der Waals surface area contributed by atoms with Crippen molar-refractivity contribution in [3.63, 3.8) is 0 Å². The van der Waals surface area contributed by atoms with Crippen molar-refractivity contribution in [2.24, 2.45) is 5.92 Å². The van der Waals surface area contributed by atoms with Gasteiger partial charge in [0.2, 0.25) is 0 Å². The van der Waals surface area contributed by atoms with Crippen LogP contribution in [0, 0.1) is 5.92 Å². The summed E-state index contributed by atoms with van der Waals surface area (Å²) in [5.74, 6) is 1.51.